The van der Waals surface area contributed by atoms with Crippen LogP contribution in [-0.2, 0) is 17.8 Å². The van der Waals surface area contributed by atoms with Crippen molar-refractivity contribution in [1.82, 2.24) is 25.2 Å². The highest BCUT2D eigenvalue weighted by Crippen LogP contribution is 2.14. The average molecular weight is 383 g/mol. The molecule has 3 heterocycles. The molecule has 0 bridgehead atoms. The number of aromatic amines is 1. The summed E-state index contributed by atoms with van der Waals surface area (Å²) in [5.41, 5.74) is 1.20. The normalized spacial score (nSPS) is 16.2. The number of pyridine rings is 1. The number of carbonyl (C=O) groups is 2. The lowest BCUT2D eigenvalue weighted by Crippen LogP contribution is -2.42. The summed E-state index contributed by atoms with van der Waals surface area (Å²) in [6, 6.07) is 5.22. The number of carbonyl (C=O) groups excluding carboxylic acids is 2. The van der Waals surface area contributed by atoms with Gasteiger partial charge in [-0.25, -0.2) is 4.79 Å². The molecule has 1 fully saturated rings. The molecule has 1 aliphatic heterocycles. The van der Waals surface area contributed by atoms with E-state index < -0.39 is 5.69 Å². The fourth-order valence-electron chi connectivity index (χ4n) is 3.34. The Bertz CT molecular complexity index is 894. The second kappa shape index (κ2) is 8.77. The van der Waals surface area contributed by atoms with E-state index in [1.165, 1.54) is 0 Å². The Morgan fingerprint density at radius 3 is 2.68 bits per heavy atom. The maximum absolute atomic E-state index is 13.2. The van der Waals surface area contributed by atoms with Crippen LogP contribution in [-0.4, -0.2) is 44.3 Å². The molecule has 2 aromatic heterocycles. The largest absolute Gasteiger partial charge is 0.352 e. The fraction of sp³-hybridized carbons (Fsp3) is 0.450. The summed E-state index contributed by atoms with van der Waals surface area (Å²) in [7, 11) is 0. The summed E-state index contributed by atoms with van der Waals surface area (Å²) < 4.78 is 0. The SMILES string of the molecule is CC(C)Cc1cc(C(=O)N(Cc2ccncc2)C[C@@H]2CCC(=O)N2)nc(=O)[nH]1. The van der Waals surface area contributed by atoms with Crippen molar-refractivity contribution >= 4 is 11.8 Å². The van der Waals surface area contributed by atoms with Crippen LogP contribution in [0.3, 0.4) is 0 Å². The van der Waals surface area contributed by atoms with Crippen LogP contribution >= 0.6 is 0 Å². The van der Waals surface area contributed by atoms with Crippen LogP contribution in [0.15, 0.2) is 35.4 Å². The number of hydrogen-bond acceptors (Lipinski definition) is 5. The second-order valence-corrected chi connectivity index (χ2v) is 7.54. The van der Waals surface area contributed by atoms with Gasteiger partial charge in [0.15, 0.2) is 0 Å². The van der Waals surface area contributed by atoms with Crippen LogP contribution < -0.4 is 11.0 Å². The van der Waals surface area contributed by atoms with Crippen molar-refractivity contribution in [3.05, 3.63) is 58.0 Å². The van der Waals surface area contributed by atoms with Crippen molar-refractivity contribution in [2.24, 2.45) is 5.92 Å². The first kappa shape index (κ1) is 19.7. The third-order valence-electron chi connectivity index (χ3n) is 4.58. The molecule has 1 saturated heterocycles. The number of rotatable bonds is 7. The highest BCUT2D eigenvalue weighted by atomic mass is 16.2. The molecular weight excluding hydrogens is 358 g/mol. The van der Waals surface area contributed by atoms with E-state index in [1.54, 1.807) is 23.4 Å². The maximum atomic E-state index is 13.2. The molecule has 0 unspecified atom stereocenters. The molecule has 0 saturated carbocycles. The van der Waals surface area contributed by atoms with Gasteiger partial charge < -0.3 is 15.2 Å². The summed E-state index contributed by atoms with van der Waals surface area (Å²) in [6.07, 6.45) is 5.13. The Kier molecular flexibility index (Phi) is 6.18. The molecule has 0 spiro atoms. The summed E-state index contributed by atoms with van der Waals surface area (Å²) in [5, 5.41) is 2.89. The molecule has 2 aromatic rings. The van der Waals surface area contributed by atoms with E-state index in [0.717, 1.165) is 5.56 Å². The molecule has 0 aromatic carbocycles. The summed E-state index contributed by atoms with van der Waals surface area (Å²) >= 11 is 0. The summed E-state index contributed by atoms with van der Waals surface area (Å²) in [6.45, 7) is 4.79. The highest BCUT2D eigenvalue weighted by Gasteiger charge is 2.27. The van der Waals surface area contributed by atoms with Gasteiger partial charge in [-0.2, -0.15) is 4.98 Å². The Balaban J connectivity index is 1.85. The first-order valence-electron chi connectivity index (χ1n) is 9.48. The van der Waals surface area contributed by atoms with Crippen LogP contribution in [0.5, 0.6) is 0 Å². The van der Waals surface area contributed by atoms with E-state index >= 15 is 0 Å². The van der Waals surface area contributed by atoms with E-state index in [-0.39, 0.29) is 23.6 Å². The molecule has 0 radical (unpaired) electrons. The predicted octanol–water partition coefficient (Wildman–Crippen LogP) is 1.28. The van der Waals surface area contributed by atoms with Gasteiger partial charge >= 0.3 is 5.69 Å². The zero-order valence-electron chi connectivity index (χ0n) is 16.1. The monoisotopic (exact) mass is 383 g/mol. The van der Waals surface area contributed by atoms with E-state index in [1.807, 2.05) is 26.0 Å². The van der Waals surface area contributed by atoms with Crippen LogP contribution in [0.25, 0.3) is 0 Å². The molecule has 1 atom stereocenters. The van der Waals surface area contributed by atoms with Crippen LogP contribution in [0, 0.1) is 5.92 Å². The second-order valence-electron chi connectivity index (χ2n) is 7.54. The molecule has 8 nitrogen and oxygen atoms in total. The van der Waals surface area contributed by atoms with Gasteiger partial charge in [0.05, 0.1) is 0 Å². The molecular formula is C20H25N5O3. The number of hydrogen-bond donors (Lipinski definition) is 2. The van der Waals surface area contributed by atoms with E-state index in [4.69, 9.17) is 0 Å². The van der Waals surface area contributed by atoms with Crippen molar-refractivity contribution in [3.8, 4) is 0 Å². The Hall–Kier alpha value is -3.03. The molecule has 3 rings (SSSR count). The molecule has 28 heavy (non-hydrogen) atoms. The number of amides is 2. The van der Waals surface area contributed by atoms with Gasteiger partial charge in [-0.3, -0.25) is 14.6 Å². The minimum atomic E-state index is -0.528. The molecule has 8 heteroatoms. The van der Waals surface area contributed by atoms with Gasteiger partial charge in [0, 0.05) is 43.6 Å². The first-order chi connectivity index (χ1) is 13.4. The van der Waals surface area contributed by atoms with Gasteiger partial charge in [0.2, 0.25) is 5.91 Å². The van der Waals surface area contributed by atoms with Crippen molar-refractivity contribution in [1.29, 1.82) is 0 Å². The number of nitrogens with one attached hydrogen (secondary N) is 2. The van der Waals surface area contributed by atoms with Gasteiger partial charge in [0.1, 0.15) is 5.69 Å². The quantitative estimate of drug-likeness (QED) is 0.749. The number of nitrogens with zero attached hydrogens (tertiary/aromatic N) is 3. The molecule has 1 aliphatic rings. The lowest BCUT2D eigenvalue weighted by Gasteiger charge is -2.25. The first-order valence-corrected chi connectivity index (χ1v) is 9.48. The van der Waals surface area contributed by atoms with Crippen LogP contribution in [0.4, 0.5) is 0 Å². The molecule has 0 aliphatic carbocycles. The van der Waals surface area contributed by atoms with Gasteiger partial charge in [-0.15, -0.1) is 0 Å². The standard InChI is InChI=1S/C20H25N5O3/c1-13(2)9-16-10-17(24-20(28)23-16)19(27)25(11-14-5-7-21-8-6-14)12-15-3-4-18(26)22-15/h5-8,10,13,15H,3-4,9,11-12H2,1-2H3,(H,22,26)(H,23,24,28)/t15-/m0/s1. The van der Waals surface area contributed by atoms with Crippen LogP contribution in [0.1, 0.15) is 48.4 Å². The van der Waals surface area contributed by atoms with Crippen molar-refractivity contribution in [2.45, 2.75) is 45.7 Å². The van der Waals surface area contributed by atoms with Crippen LogP contribution in [0.2, 0.25) is 0 Å². The number of aromatic nitrogens is 3. The van der Waals surface area contributed by atoms with E-state index in [0.29, 0.717) is 44.0 Å². The fourth-order valence-corrected chi connectivity index (χ4v) is 3.34. The third kappa shape index (κ3) is 5.25. The number of H-pyrrole nitrogens is 1. The van der Waals surface area contributed by atoms with Crippen molar-refractivity contribution in [3.63, 3.8) is 0 Å². The molecule has 2 N–H and O–H groups in total. The minimum absolute atomic E-state index is 0.00481. The van der Waals surface area contributed by atoms with Crippen molar-refractivity contribution < 1.29 is 9.59 Å². The lowest BCUT2D eigenvalue weighted by atomic mass is 10.1. The van der Waals surface area contributed by atoms with E-state index in [9.17, 15) is 14.4 Å². The highest BCUT2D eigenvalue weighted by molar-refractivity contribution is 5.92. The summed E-state index contributed by atoms with van der Waals surface area (Å²) in [5.74, 6) is 0.00602. The Morgan fingerprint density at radius 2 is 2.04 bits per heavy atom. The average Bonchev–Trinajstić information content (AvgIpc) is 3.05. The maximum Gasteiger partial charge on any atom is 0.345 e. The molecule has 148 valence electrons. The van der Waals surface area contributed by atoms with Gasteiger partial charge in [-0.05, 0) is 42.5 Å². The zero-order chi connectivity index (χ0) is 20.1. The van der Waals surface area contributed by atoms with E-state index in [2.05, 4.69) is 20.3 Å². The van der Waals surface area contributed by atoms with Gasteiger partial charge in [-0.1, -0.05) is 13.8 Å². The zero-order valence-corrected chi connectivity index (χ0v) is 16.1. The predicted molar refractivity (Wildman–Crippen MR) is 104 cm³/mol. The Labute approximate surface area is 163 Å². The topological polar surface area (TPSA) is 108 Å². The third-order valence-corrected chi connectivity index (χ3v) is 4.58. The lowest BCUT2D eigenvalue weighted by molar-refractivity contribution is -0.119. The summed E-state index contributed by atoms with van der Waals surface area (Å²) in [4.78, 5) is 48.9. The Morgan fingerprint density at radius 1 is 1.29 bits per heavy atom. The smallest absolute Gasteiger partial charge is 0.345 e. The molecule has 2 amide bonds. The van der Waals surface area contributed by atoms with Crippen molar-refractivity contribution in [2.75, 3.05) is 6.54 Å². The van der Waals surface area contributed by atoms with Gasteiger partial charge in [0.25, 0.3) is 5.91 Å². The minimum Gasteiger partial charge on any atom is -0.352 e.